The number of carbonyl (C=O) groups is 1. The summed E-state index contributed by atoms with van der Waals surface area (Å²) in [5, 5.41) is 5.35. The summed E-state index contributed by atoms with van der Waals surface area (Å²) >= 11 is 1.32. The lowest BCUT2D eigenvalue weighted by molar-refractivity contribution is 0.0216. The van der Waals surface area contributed by atoms with Crippen LogP contribution < -0.4 is 5.32 Å². The molecule has 1 N–H and O–H groups in total. The molecule has 6 rings (SSSR count). The van der Waals surface area contributed by atoms with Gasteiger partial charge in [-0.3, -0.25) is 9.69 Å². The minimum Gasteiger partial charge on any atom is -0.346 e. The third-order valence-corrected chi connectivity index (χ3v) is 9.37. The van der Waals surface area contributed by atoms with Crippen molar-refractivity contribution in [3.63, 3.8) is 0 Å². The van der Waals surface area contributed by atoms with Crippen LogP contribution in [0.2, 0.25) is 0 Å². The minimum absolute atomic E-state index is 0.104. The van der Waals surface area contributed by atoms with Crippen LogP contribution in [0.15, 0.2) is 57.8 Å². The molecule has 3 aliphatic heterocycles. The van der Waals surface area contributed by atoms with E-state index in [0.29, 0.717) is 17.3 Å². The van der Waals surface area contributed by atoms with Gasteiger partial charge in [0.1, 0.15) is 5.69 Å². The highest BCUT2D eigenvalue weighted by molar-refractivity contribution is 7.92. The predicted octanol–water partition coefficient (Wildman–Crippen LogP) is 3.34. The van der Waals surface area contributed by atoms with Gasteiger partial charge in [-0.1, -0.05) is 18.2 Å². The van der Waals surface area contributed by atoms with Crippen LogP contribution >= 0.6 is 11.3 Å². The second-order valence-corrected chi connectivity index (χ2v) is 10.9. The second-order valence-electron chi connectivity index (χ2n) is 8.10. The van der Waals surface area contributed by atoms with Crippen LogP contribution in [0.3, 0.4) is 0 Å². The number of fused-ring (bicyclic) bond motifs is 4. The van der Waals surface area contributed by atoms with Gasteiger partial charge in [-0.15, -0.1) is 11.3 Å². The molecule has 0 spiro atoms. The van der Waals surface area contributed by atoms with Crippen LogP contribution in [0.25, 0.3) is 10.1 Å². The van der Waals surface area contributed by atoms with E-state index in [9.17, 15) is 13.2 Å². The average molecular weight is 442 g/mol. The number of carbonyl (C=O) groups excluding carboxylic acids is 1. The largest absolute Gasteiger partial charge is 0.346 e. The molecule has 3 saturated heterocycles. The average Bonchev–Trinajstić information content (AvgIpc) is 3.21. The van der Waals surface area contributed by atoms with Gasteiger partial charge in [0.2, 0.25) is 9.84 Å². The van der Waals surface area contributed by atoms with Crippen molar-refractivity contribution < 1.29 is 13.2 Å². The van der Waals surface area contributed by atoms with Crippen molar-refractivity contribution in [1.82, 2.24) is 15.2 Å². The van der Waals surface area contributed by atoms with Gasteiger partial charge in [0, 0.05) is 29.0 Å². The molecule has 1 aromatic carbocycles. The van der Waals surface area contributed by atoms with E-state index in [4.69, 9.17) is 0 Å². The number of thiophene rings is 1. The number of piperidine rings is 3. The van der Waals surface area contributed by atoms with Crippen molar-refractivity contribution in [2.24, 2.45) is 5.92 Å². The van der Waals surface area contributed by atoms with E-state index in [1.165, 1.54) is 11.3 Å². The first kappa shape index (κ1) is 19.7. The lowest BCUT2D eigenvalue weighted by Crippen LogP contribution is -2.62. The van der Waals surface area contributed by atoms with Crippen LogP contribution in [-0.2, 0) is 9.84 Å². The van der Waals surface area contributed by atoms with E-state index in [-0.39, 0.29) is 27.4 Å². The molecule has 2 atom stereocenters. The maximum atomic E-state index is 13.1. The fraction of sp³-hybridized carbons (Fsp3) is 0.364. The summed E-state index contributed by atoms with van der Waals surface area (Å²) < 4.78 is 27.0. The molecule has 6 nitrogen and oxygen atoms in total. The number of nitrogens with one attached hydrogen (secondary N) is 1. The van der Waals surface area contributed by atoms with E-state index in [2.05, 4.69) is 22.1 Å². The number of rotatable bonds is 4. The quantitative estimate of drug-likeness (QED) is 0.672. The Morgan fingerprint density at radius 1 is 1.20 bits per heavy atom. The summed E-state index contributed by atoms with van der Waals surface area (Å²) in [5.41, 5.74) is 0.258. The highest BCUT2D eigenvalue weighted by Gasteiger charge is 2.40. The lowest BCUT2D eigenvalue weighted by Gasteiger charge is -2.49. The standard InChI is InChI=1S/C22H23N3O3S2/c1-14-21(15-7-9-25(14)10-8-15)24-22(26)18-11-17-19(12-23-18)29-13-20(17)30(27,28)16-5-3-2-4-6-16/h2-6,11-15,21H,7-10H2,1H3,(H,24,26). The topological polar surface area (TPSA) is 79.4 Å². The molecule has 3 aromatic rings. The van der Waals surface area contributed by atoms with Gasteiger partial charge in [-0.25, -0.2) is 13.4 Å². The zero-order valence-electron chi connectivity index (χ0n) is 16.6. The Kier molecular flexibility index (Phi) is 4.88. The first-order chi connectivity index (χ1) is 14.4. The Hall–Kier alpha value is -2.29. The highest BCUT2D eigenvalue weighted by Crippen LogP contribution is 2.34. The van der Waals surface area contributed by atoms with Gasteiger partial charge in [-0.2, -0.15) is 0 Å². The molecule has 8 heteroatoms. The maximum absolute atomic E-state index is 13.1. The Balaban J connectivity index is 1.47. The van der Waals surface area contributed by atoms with Crippen LogP contribution in [-0.4, -0.2) is 49.4 Å². The first-order valence-corrected chi connectivity index (χ1v) is 12.5. The molecule has 156 valence electrons. The van der Waals surface area contributed by atoms with E-state index in [1.54, 1.807) is 48.0 Å². The summed E-state index contributed by atoms with van der Waals surface area (Å²) in [4.78, 5) is 20.2. The Morgan fingerprint density at radius 2 is 1.93 bits per heavy atom. The van der Waals surface area contributed by atoms with Gasteiger partial charge < -0.3 is 5.32 Å². The first-order valence-electron chi connectivity index (χ1n) is 10.2. The number of sulfone groups is 1. The fourth-order valence-corrected chi connectivity index (χ4v) is 7.45. The van der Waals surface area contributed by atoms with Crippen molar-refractivity contribution >= 4 is 37.2 Å². The maximum Gasteiger partial charge on any atom is 0.270 e. The third kappa shape index (κ3) is 3.23. The molecule has 30 heavy (non-hydrogen) atoms. The number of pyridine rings is 1. The van der Waals surface area contributed by atoms with E-state index >= 15 is 0 Å². The molecule has 2 bridgehead atoms. The van der Waals surface area contributed by atoms with Crippen molar-refractivity contribution in [2.45, 2.75) is 41.6 Å². The predicted molar refractivity (Wildman–Crippen MR) is 117 cm³/mol. The lowest BCUT2D eigenvalue weighted by atomic mass is 9.79. The summed E-state index contributed by atoms with van der Waals surface area (Å²) in [6.07, 6.45) is 3.80. The molecule has 1 amide bonds. The van der Waals surface area contributed by atoms with Crippen LogP contribution in [0, 0.1) is 5.92 Å². The molecule has 3 fully saturated rings. The summed E-state index contributed by atoms with van der Waals surface area (Å²) in [6.45, 7) is 4.35. The molecular formula is C22H23N3O3S2. The monoisotopic (exact) mass is 441 g/mol. The third-order valence-electron chi connectivity index (χ3n) is 6.48. The van der Waals surface area contributed by atoms with E-state index < -0.39 is 9.84 Å². The van der Waals surface area contributed by atoms with E-state index in [0.717, 1.165) is 30.6 Å². The fourth-order valence-electron chi connectivity index (χ4n) is 4.74. The Labute approximate surface area is 179 Å². The molecular weight excluding hydrogens is 418 g/mol. The number of aromatic nitrogens is 1. The zero-order valence-corrected chi connectivity index (χ0v) is 18.2. The summed E-state index contributed by atoms with van der Waals surface area (Å²) in [5.74, 6) is 0.254. The highest BCUT2D eigenvalue weighted by atomic mass is 32.2. The SMILES string of the molecule is CC1C(NC(=O)c2cc3c(S(=O)(=O)c4ccccc4)csc3cn2)C2CCN1CC2. The van der Waals surface area contributed by atoms with Gasteiger partial charge in [-0.05, 0) is 57.0 Å². The van der Waals surface area contributed by atoms with Gasteiger partial charge in [0.25, 0.3) is 5.91 Å². The molecule has 0 aliphatic carbocycles. The minimum atomic E-state index is -3.66. The molecule has 2 aromatic heterocycles. The molecule has 5 heterocycles. The van der Waals surface area contributed by atoms with Gasteiger partial charge in [0.05, 0.1) is 14.5 Å². The van der Waals surface area contributed by atoms with Crippen LogP contribution in [0.1, 0.15) is 30.3 Å². The van der Waals surface area contributed by atoms with Gasteiger partial charge >= 0.3 is 0 Å². The number of amides is 1. The smallest absolute Gasteiger partial charge is 0.270 e. The Bertz CT molecular complexity index is 1200. The summed E-state index contributed by atoms with van der Waals surface area (Å²) in [7, 11) is -3.66. The normalized spacial score (nSPS) is 26.0. The number of hydrogen-bond donors (Lipinski definition) is 1. The summed E-state index contributed by atoms with van der Waals surface area (Å²) in [6, 6.07) is 10.4. The van der Waals surface area contributed by atoms with Crippen LogP contribution in [0.5, 0.6) is 0 Å². The van der Waals surface area contributed by atoms with Crippen LogP contribution in [0.4, 0.5) is 0 Å². The molecule has 0 saturated carbocycles. The number of hydrogen-bond acceptors (Lipinski definition) is 6. The molecule has 2 unspecified atom stereocenters. The molecule has 0 radical (unpaired) electrons. The van der Waals surface area contributed by atoms with Crippen molar-refractivity contribution in [3.05, 3.63) is 53.7 Å². The molecule has 3 aliphatic rings. The van der Waals surface area contributed by atoms with Crippen molar-refractivity contribution in [1.29, 1.82) is 0 Å². The Morgan fingerprint density at radius 3 is 2.63 bits per heavy atom. The number of nitrogens with zero attached hydrogens (tertiary/aromatic N) is 2. The van der Waals surface area contributed by atoms with Crippen molar-refractivity contribution in [3.8, 4) is 0 Å². The number of benzene rings is 1. The second kappa shape index (κ2) is 7.44. The van der Waals surface area contributed by atoms with Crippen molar-refractivity contribution in [2.75, 3.05) is 13.1 Å². The van der Waals surface area contributed by atoms with Gasteiger partial charge in [0.15, 0.2) is 0 Å². The van der Waals surface area contributed by atoms with E-state index in [1.807, 2.05) is 0 Å². The zero-order chi connectivity index (χ0) is 20.9.